The van der Waals surface area contributed by atoms with E-state index in [1.165, 1.54) is 6.07 Å². The Bertz CT molecular complexity index is 593. The molecule has 0 bridgehead atoms. The molecule has 18 heavy (non-hydrogen) atoms. The van der Waals surface area contributed by atoms with E-state index in [-0.39, 0.29) is 5.56 Å². The molecule has 92 valence electrons. The van der Waals surface area contributed by atoms with Crippen LogP contribution < -0.4 is 4.74 Å². The molecule has 4 heteroatoms. The first kappa shape index (κ1) is 12.6. The van der Waals surface area contributed by atoms with Crippen molar-refractivity contribution in [3.05, 3.63) is 58.1 Å². The summed E-state index contributed by atoms with van der Waals surface area (Å²) < 4.78 is 6.39. The van der Waals surface area contributed by atoms with Crippen LogP contribution in [0.5, 0.6) is 11.5 Å². The highest BCUT2D eigenvalue weighted by Gasteiger charge is 2.12. The van der Waals surface area contributed by atoms with Crippen LogP contribution in [0.1, 0.15) is 15.9 Å². The normalized spacial score (nSPS) is 10.1. The lowest BCUT2D eigenvalue weighted by molar-refractivity contribution is 0.0694. The fourth-order valence-corrected chi connectivity index (χ4v) is 1.90. The second-order valence-corrected chi connectivity index (χ2v) is 4.78. The molecule has 0 aromatic heterocycles. The average molecular weight is 307 g/mol. The van der Waals surface area contributed by atoms with Gasteiger partial charge in [0.2, 0.25) is 0 Å². The van der Waals surface area contributed by atoms with Crippen molar-refractivity contribution >= 4 is 21.9 Å². The minimum Gasteiger partial charge on any atom is -0.478 e. The first-order valence-electron chi connectivity index (χ1n) is 5.33. The zero-order valence-electron chi connectivity index (χ0n) is 9.68. The summed E-state index contributed by atoms with van der Waals surface area (Å²) in [7, 11) is 0. The van der Waals surface area contributed by atoms with Gasteiger partial charge in [0, 0.05) is 4.47 Å². The number of halogens is 1. The van der Waals surface area contributed by atoms with E-state index >= 15 is 0 Å². The number of aromatic carboxylic acids is 1. The molecule has 2 aromatic carbocycles. The van der Waals surface area contributed by atoms with Crippen LogP contribution in [0.15, 0.2) is 46.9 Å². The number of carboxylic acid groups (broad SMARTS) is 1. The van der Waals surface area contributed by atoms with Gasteiger partial charge in [0.1, 0.15) is 17.1 Å². The molecule has 0 amide bonds. The van der Waals surface area contributed by atoms with Crippen LogP contribution in [0.25, 0.3) is 0 Å². The first-order valence-corrected chi connectivity index (χ1v) is 6.13. The van der Waals surface area contributed by atoms with Crippen LogP contribution in [-0.2, 0) is 0 Å². The number of aryl methyl sites for hydroxylation is 1. The molecule has 2 rings (SSSR count). The summed E-state index contributed by atoms with van der Waals surface area (Å²) in [6.45, 7) is 1.95. The standard InChI is InChI=1S/C14H11BrO3/c1-9-3-2-4-11(7-9)18-13-8-10(15)5-6-12(13)14(16)17/h2-8H,1H3,(H,16,17). The summed E-state index contributed by atoms with van der Waals surface area (Å²) in [6, 6.07) is 12.3. The molecular weight excluding hydrogens is 296 g/mol. The number of carbonyl (C=O) groups is 1. The largest absolute Gasteiger partial charge is 0.478 e. The van der Waals surface area contributed by atoms with E-state index in [1.54, 1.807) is 18.2 Å². The van der Waals surface area contributed by atoms with Gasteiger partial charge in [0.05, 0.1) is 0 Å². The summed E-state index contributed by atoms with van der Waals surface area (Å²) in [6.07, 6.45) is 0. The third-order valence-corrected chi connectivity index (χ3v) is 2.88. The Labute approximate surface area is 113 Å². The van der Waals surface area contributed by atoms with Crippen molar-refractivity contribution in [2.45, 2.75) is 6.92 Å². The smallest absolute Gasteiger partial charge is 0.339 e. The van der Waals surface area contributed by atoms with Crippen LogP contribution in [0.3, 0.4) is 0 Å². The highest BCUT2D eigenvalue weighted by atomic mass is 79.9. The maximum Gasteiger partial charge on any atom is 0.339 e. The van der Waals surface area contributed by atoms with Crippen molar-refractivity contribution in [2.75, 3.05) is 0 Å². The Morgan fingerprint density at radius 2 is 2.00 bits per heavy atom. The van der Waals surface area contributed by atoms with E-state index in [0.717, 1.165) is 10.0 Å². The Morgan fingerprint density at radius 3 is 2.67 bits per heavy atom. The zero-order chi connectivity index (χ0) is 13.1. The molecule has 0 aliphatic carbocycles. The summed E-state index contributed by atoms with van der Waals surface area (Å²) in [5.41, 5.74) is 1.19. The van der Waals surface area contributed by atoms with Gasteiger partial charge in [0.15, 0.2) is 0 Å². The van der Waals surface area contributed by atoms with Crippen molar-refractivity contribution in [2.24, 2.45) is 0 Å². The van der Waals surface area contributed by atoms with Gasteiger partial charge in [0.25, 0.3) is 0 Å². The molecule has 0 unspecified atom stereocenters. The molecule has 0 atom stereocenters. The third-order valence-electron chi connectivity index (χ3n) is 2.39. The van der Waals surface area contributed by atoms with Crippen molar-refractivity contribution in [3.63, 3.8) is 0 Å². The van der Waals surface area contributed by atoms with Gasteiger partial charge < -0.3 is 9.84 Å². The number of hydrogen-bond acceptors (Lipinski definition) is 2. The predicted octanol–water partition coefficient (Wildman–Crippen LogP) is 4.25. The number of ether oxygens (including phenoxy) is 1. The molecule has 1 N–H and O–H groups in total. The molecule has 0 fully saturated rings. The lowest BCUT2D eigenvalue weighted by Gasteiger charge is -2.09. The van der Waals surface area contributed by atoms with Gasteiger partial charge in [-0.05, 0) is 42.8 Å². The van der Waals surface area contributed by atoms with E-state index in [9.17, 15) is 4.79 Å². The second-order valence-electron chi connectivity index (χ2n) is 3.86. The van der Waals surface area contributed by atoms with Crippen molar-refractivity contribution < 1.29 is 14.6 Å². The Hall–Kier alpha value is -1.81. The first-order chi connectivity index (χ1) is 8.56. The minimum atomic E-state index is -1.01. The molecule has 2 aromatic rings. The quantitative estimate of drug-likeness (QED) is 0.922. The molecule has 0 heterocycles. The molecule has 0 radical (unpaired) electrons. The summed E-state index contributed by atoms with van der Waals surface area (Å²) in [4.78, 5) is 11.1. The summed E-state index contributed by atoms with van der Waals surface area (Å²) >= 11 is 3.30. The van der Waals surface area contributed by atoms with Crippen LogP contribution in [0.2, 0.25) is 0 Å². The van der Waals surface area contributed by atoms with Gasteiger partial charge in [-0.1, -0.05) is 28.1 Å². The minimum absolute atomic E-state index is 0.139. The zero-order valence-corrected chi connectivity index (χ0v) is 11.3. The maximum atomic E-state index is 11.1. The Balaban J connectivity index is 2.39. The van der Waals surface area contributed by atoms with E-state index in [1.807, 2.05) is 25.1 Å². The van der Waals surface area contributed by atoms with Crippen LogP contribution in [-0.4, -0.2) is 11.1 Å². The van der Waals surface area contributed by atoms with Crippen molar-refractivity contribution in [1.82, 2.24) is 0 Å². The fraction of sp³-hybridized carbons (Fsp3) is 0.0714. The molecule has 0 aliphatic rings. The number of carboxylic acids is 1. The van der Waals surface area contributed by atoms with Crippen LogP contribution >= 0.6 is 15.9 Å². The Morgan fingerprint density at radius 1 is 1.22 bits per heavy atom. The SMILES string of the molecule is Cc1cccc(Oc2cc(Br)ccc2C(=O)O)c1. The second kappa shape index (κ2) is 5.23. The highest BCUT2D eigenvalue weighted by molar-refractivity contribution is 9.10. The number of benzene rings is 2. The highest BCUT2D eigenvalue weighted by Crippen LogP contribution is 2.29. The van der Waals surface area contributed by atoms with Gasteiger partial charge in [-0.2, -0.15) is 0 Å². The summed E-state index contributed by atoms with van der Waals surface area (Å²) in [5.74, 6) is -0.0665. The molecule has 3 nitrogen and oxygen atoms in total. The summed E-state index contributed by atoms with van der Waals surface area (Å²) in [5, 5.41) is 9.09. The molecule has 0 aliphatic heterocycles. The van der Waals surface area contributed by atoms with E-state index < -0.39 is 5.97 Å². The number of rotatable bonds is 3. The monoisotopic (exact) mass is 306 g/mol. The fourth-order valence-electron chi connectivity index (χ4n) is 1.56. The lowest BCUT2D eigenvalue weighted by atomic mass is 10.2. The molecule has 0 saturated heterocycles. The van der Waals surface area contributed by atoms with Crippen LogP contribution in [0, 0.1) is 6.92 Å². The van der Waals surface area contributed by atoms with Gasteiger partial charge >= 0.3 is 5.97 Å². The average Bonchev–Trinajstić information content (AvgIpc) is 2.28. The van der Waals surface area contributed by atoms with E-state index in [2.05, 4.69) is 15.9 Å². The van der Waals surface area contributed by atoms with Crippen LogP contribution in [0.4, 0.5) is 0 Å². The van der Waals surface area contributed by atoms with Gasteiger partial charge in [-0.25, -0.2) is 4.79 Å². The molecule has 0 saturated carbocycles. The van der Waals surface area contributed by atoms with Gasteiger partial charge in [-0.15, -0.1) is 0 Å². The third kappa shape index (κ3) is 2.90. The Kier molecular flexibility index (Phi) is 3.67. The molecule has 0 spiro atoms. The van der Waals surface area contributed by atoms with E-state index in [0.29, 0.717) is 11.5 Å². The van der Waals surface area contributed by atoms with Crippen molar-refractivity contribution in [3.8, 4) is 11.5 Å². The maximum absolute atomic E-state index is 11.1. The number of hydrogen-bond donors (Lipinski definition) is 1. The van der Waals surface area contributed by atoms with Crippen molar-refractivity contribution in [1.29, 1.82) is 0 Å². The molecular formula is C14H11BrO3. The van der Waals surface area contributed by atoms with Gasteiger partial charge in [-0.3, -0.25) is 0 Å². The lowest BCUT2D eigenvalue weighted by Crippen LogP contribution is -1.99. The van der Waals surface area contributed by atoms with E-state index in [4.69, 9.17) is 9.84 Å². The topological polar surface area (TPSA) is 46.5 Å². The predicted molar refractivity (Wildman–Crippen MR) is 72.4 cm³/mol.